The van der Waals surface area contributed by atoms with Gasteiger partial charge in [0.2, 0.25) is 5.88 Å². The molecule has 1 N–H and O–H groups in total. The Bertz CT molecular complexity index is 1350. The number of hydrogen-bond acceptors (Lipinski definition) is 9. The van der Waals surface area contributed by atoms with Crippen molar-refractivity contribution in [3.63, 3.8) is 0 Å². The minimum absolute atomic E-state index is 0.0642. The van der Waals surface area contributed by atoms with Crippen molar-refractivity contribution in [1.29, 1.82) is 5.26 Å². The van der Waals surface area contributed by atoms with Gasteiger partial charge in [0.15, 0.2) is 9.84 Å². The number of sulfone groups is 1. The van der Waals surface area contributed by atoms with E-state index < -0.39 is 33.4 Å². The molecule has 1 aromatic heterocycles. The summed E-state index contributed by atoms with van der Waals surface area (Å²) in [5.41, 5.74) is 1.22. The Hall–Kier alpha value is -3.10. The molecule has 1 saturated carbocycles. The predicted molar refractivity (Wildman–Crippen MR) is 137 cm³/mol. The lowest BCUT2D eigenvalue weighted by Gasteiger charge is -2.47. The van der Waals surface area contributed by atoms with E-state index in [2.05, 4.69) is 15.3 Å². The predicted octanol–water partition coefficient (Wildman–Crippen LogP) is 3.86. The van der Waals surface area contributed by atoms with Gasteiger partial charge in [-0.1, -0.05) is 11.6 Å². The van der Waals surface area contributed by atoms with Crippen LogP contribution in [0.2, 0.25) is 5.02 Å². The summed E-state index contributed by atoms with van der Waals surface area (Å²) in [4.78, 5) is 23.1. The van der Waals surface area contributed by atoms with Gasteiger partial charge in [-0.25, -0.2) is 23.2 Å². The van der Waals surface area contributed by atoms with Gasteiger partial charge in [-0.15, -0.1) is 0 Å². The van der Waals surface area contributed by atoms with Gasteiger partial charge in [0.1, 0.15) is 23.9 Å². The number of nitrogens with one attached hydrogen (secondary N) is 1. The Labute approximate surface area is 220 Å². The van der Waals surface area contributed by atoms with Gasteiger partial charge in [-0.05, 0) is 51.3 Å². The fourth-order valence-electron chi connectivity index (χ4n) is 5.26. The third-order valence-corrected chi connectivity index (χ3v) is 9.60. The van der Waals surface area contributed by atoms with Crippen molar-refractivity contribution in [3.05, 3.63) is 40.7 Å². The van der Waals surface area contributed by atoms with Crippen LogP contribution in [0.4, 0.5) is 16.3 Å². The molecule has 2 saturated heterocycles. The number of fused-ring (bicyclic) bond motifs is 2. The molecule has 1 aliphatic carbocycles. The van der Waals surface area contributed by atoms with Gasteiger partial charge in [-0.2, -0.15) is 5.26 Å². The van der Waals surface area contributed by atoms with Crippen molar-refractivity contribution in [2.24, 2.45) is 11.8 Å². The fourth-order valence-corrected chi connectivity index (χ4v) is 7.52. The quantitative estimate of drug-likeness (QED) is 0.594. The Morgan fingerprint density at radius 3 is 2.54 bits per heavy atom. The van der Waals surface area contributed by atoms with Crippen LogP contribution in [0.1, 0.15) is 37.3 Å². The van der Waals surface area contributed by atoms with Crippen molar-refractivity contribution in [3.8, 4) is 11.9 Å². The van der Waals surface area contributed by atoms with E-state index in [4.69, 9.17) is 26.3 Å². The monoisotopic (exact) mass is 545 g/mol. The van der Waals surface area contributed by atoms with Gasteiger partial charge in [0.05, 0.1) is 39.4 Å². The largest absolute Gasteiger partial charge is 0.473 e. The van der Waals surface area contributed by atoms with Gasteiger partial charge in [-0.3, -0.25) is 0 Å². The normalized spacial score (nSPS) is 25.4. The molecule has 2 unspecified atom stereocenters. The van der Waals surface area contributed by atoms with E-state index in [0.717, 1.165) is 19.3 Å². The molecule has 2 aliphatic heterocycles. The molecule has 10 nitrogen and oxygen atoms in total. The maximum atomic E-state index is 12.9. The molecule has 3 aliphatic rings. The second-order valence-corrected chi connectivity index (χ2v) is 12.9. The summed E-state index contributed by atoms with van der Waals surface area (Å²) < 4.78 is 37.2. The van der Waals surface area contributed by atoms with Crippen LogP contribution in [-0.2, 0) is 14.6 Å². The van der Waals surface area contributed by atoms with Crippen molar-refractivity contribution < 1.29 is 22.7 Å². The van der Waals surface area contributed by atoms with Crippen molar-refractivity contribution in [2.45, 2.75) is 44.8 Å². The molecule has 0 radical (unpaired) electrons. The summed E-state index contributed by atoms with van der Waals surface area (Å²) in [6.45, 7) is 4.22. The number of aromatic nitrogens is 2. The number of rotatable bonds is 5. The molecule has 1 amide bonds. The first-order valence-corrected chi connectivity index (χ1v) is 14.4. The summed E-state index contributed by atoms with van der Waals surface area (Å²) in [6, 6.07) is 6.94. The van der Waals surface area contributed by atoms with Crippen LogP contribution in [0.5, 0.6) is 5.88 Å². The smallest absolute Gasteiger partial charge is 0.410 e. The van der Waals surface area contributed by atoms with E-state index in [1.54, 1.807) is 30.0 Å². The molecule has 5 rings (SSSR count). The third kappa shape index (κ3) is 5.31. The lowest BCUT2D eigenvalue weighted by atomic mass is 9.82. The van der Waals surface area contributed by atoms with Crippen LogP contribution in [-0.4, -0.2) is 65.7 Å². The number of ether oxygens (including phenoxy) is 2. The Morgan fingerprint density at radius 2 is 1.95 bits per heavy atom. The summed E-state index contributed by atoms with van der Waals surface area (Å²) in [6.07, 6.45) is 3.27. The zero-order valence-corrected chi connectivity index (χ0v) is 22.2. The molecule has 1 aromatic carbocycles. The Balaban J connectivity index is 1.33. The van der Waals surface area contributed by atoms with Gasteiger partial charge in [0, 0.05) is 24.9 Å². The van der Waals surface area contributed by atoms with Crippen LogP contribution in [0.15, 0.2) is 24.5 Å². The van der Waals surface area contributed by atoms with Crippen molar-refractivity contribution in [2.75, 3.05) is 29.9 Å². The summed E-state index contributed by atoms with van der Waals surface area (Å²) in [5.74, 6) is -0.129. The number of nitrogens with zero attached hydrogens (tertiary/aromatic N) is 4. The van der Waals surface area contributed by atoms with E-state index in [1.807, 2.05) is 13.0 Å². The lowest BCUT2D eigenvalue weighted by molar-refractivity contribution is -0.0633. The number of benzene rings is 1. The second kappa shape index (κ2) is 9.65. The molecular formula is C25H28ClN5O5S. The third-order valence-electron chi connectivity index (χ3n) is 7.41. The van der Waals surface area contributed by atoms with Crippen LogP contribution < -0.4 is 10.1 Å². The zero-order valence-electron chi connectivity index (χ0n) is 20.6. The van der Waals surface area contributed by atoms with E-state index in [9.17, 15) is 13.2 Å². The minimum atomic E-state index is -3.26. The number of halogens is 1. The molecule has 3 fully saturated rings. The number of likely N-dealkylation sites (tertiary alicyclic amines) is 1. The number of hydrogen-bond donors (Lipinski definition) is 1. The van der Waals surface area contributed by atoms with Crippen molar-refractivity contribution >= 4 is 39.0 Å². The van der Waals surface area contributed by atoms with Gasteiger partial charge in [0.25, 0.3) is 0 Å². The maximum Gasteiger partial charge on any atom is 0.410 e. The minimum Gasteiger partial charge on any atom is -0.473 e. The first kappa shape index (κ1) is 25.5. The maximum absolute atomic E-state index is 12.9. The number of carbonyl (C=O) groups excluding carboxylic acids is 1. The van der Waals surface area contributed by atoms with Gasteiger partial charge >= 0.3 is 6.09 Å². The highest BCUT2D eigenvalue weighted by Gasteiger charge is 2.49. The lowest BCUT2D eigenvalue weighted by Crippen LogP contribution is -2.61. The zero-order chi connectivity index (χ0) is 26.4. The fraction of sp³-hybridized carbons (Fsp3) is 0.520. The molecule has 2 atom stereocenters. The van der Waals surface area contributed by atoms with E-state index in [1.165, 1.54) is 6.33 Å². The molecule has 12 heteroatoms. The van der Waals surface area contributed by atoms with Crippen LogP contribution in [0.3, 0.4) is 0 Å². The second-order valence-electron chi connectivity index (χ2n) is 10.3. The summed E-state index contributed by atoms with van der Waals surface area (Å²) in [7, 11) is -3.26. The number of anilines is 2. The first-order valence-electron chi connectivity index (χ1n) is 12.2. The molecular weight excluding hydrogens is 518 g/mol. The van der Waals surface area contributed by atoms with E-state index in [0.29, 0.717) is 33.5 Å². The van der Waals surface area contributed by atoms with Crippen molar-refractivity contribution in [1.82, 2.24) is 14.9 Å². The molecule has 3 heterocycles. The number of piperidine rings is 1. The molecule has 196 valence electrons. The Kier molecular flexibility index (Phi) is 6.66. The standard InChI is InChI=1S/C25H28ClN5O5S/c1-15-22(30-20-5-4-16(9-27)8-19(20)26)28-14-29-23(15)35-21-17-10-31(11-18(21)13-37(33,34)12-17)24(32)36-25(2)6-3-7-25/h4-5,8,14,17-18,21H,3,6-7,10-13H2,1-2H3,(H,28,29,30). The highest BCUT2D eigenvalue weighted by molar-refractivity contribution is 7.91. The average molecular weight is 546 g/mol. The van der Waals surface area contributed by atoms with Crippen LogP contribution >= 0.6 is 11.6 Å². The Morgan fingerprint density at radius 1 is 1.24 bits per heavy atom. The average Bonchev–Trinajstić information content (AvgIpc) is 2.81. The summed E-state index contributed by atoms with van der Waals surface area (Å²) in [5, 5.41) is 12.6. The highest BCUT2D eigenvalue weighted by Crippen LogP contribution is 2.38. The first-order chi connectivity index (χ1) is 17.6. The number of carbonyl (C=O) groups is 1. The van der Waals surface area contributed by atoms with Crippen LogP contribution in [0, 0.1) is 30.1 Å². The molecule has 0 spiro atoms. The molecule has 2 bridgehead atoms. The molecule has 37 heavy (non-hydrogen) atoms. The highest BCUT2D eigenvalue weighted by atomic mass is 35.5. The SMILES string of the molecule is Cc1c(Nc2ccc(C#N)cc2Cl)ncnc1OC1C2CN(C(=O)OC3(C)CCC3)CC1CS(=O)(=O)C2. The topological polar surface area (TPSA) is 135 Å². The van der Waals surface area contributed by atoms with Crippen LogP contribution in [0.25, 0.3) is 0 Å². The van der Waals surface area contributed by atoms with Gasteiger partial charge < -0.3 is 19.7 Å². The number of nitriles is 1. The number of amides is 1. The van der Waals surface area contributed by atoms with E-state index in [-0.39, 0.29) is 30.7 Å². The van der Waals surface area contributed by atoms with E-state index >= 15 is 0 Å². The summed E-state index contributed by atoms with van der Waals surface area (Å²) >= 11 is 6.30. The molecule has 2 aromatic rings.